The number of ether oxygens (including phenoxy) is 1. The lowest BCUT2D eigenvalue weighted by Gasteiger charge is -2.36. The standard InChI is InChI=1S/C23H26N4O.C23H29N3S/c24-18-19-5-3-6-20(17-19)28-16-2-1-11-26-12-14-27(15-13-26)23-8-4-7-22-21(23)9-10-25-22;1-18-7-8-20(17-19(18)2)27-16-4-11-25-12-14-26(15-13-25)23-6-3-5-22-21(23)9-10-24-22/h3-10,17,25H,1-2,11-16H2;3,5-10,17,24H,4,11-16H2,1-2H3. The topological polar surface area (TPSA) is 77.6 Å². The number of aryl methyl sites for hydroxylation is 2. The van der Waals surface area contributed by atoms with E-state index in [1.54, 1.807) is 12.1 Å². The molecule has 4 heterocycles. The molecule has 2 aliphatic heterocycles. The van der Waals surface area contributed by atoms with E-state index in [1.165, 1.54) is 67.9 Å². The van der Waals surface area contributed by atoms with Crippen LogP contribution in [0, 0.1) is 25.2 Å². The molecule has 0 spiro atoms. The number of nitriles is 1. The molecule has 2 aromatic heterocycles. The van der Waals surface area contributed by atoms with Gasteiger partial charge in [0.25, 0.3) is 0 Å². The van der Waals surface area contributed by atoms with E-state index in [9.17, 15) is 0 Å². The Kier molecular flexibility index (Phi) is 13.4. The lowest BCUT2D eigenvalue weighted by molar-refractivity contribution is 0.239. The van der Waals surface area contributed by atoms with Gasteiger partial charge in [0.2, 0.25) is 0 Å². The van der Waals surface area contributed by atoms with Crippen LogP contribution in [0.15, 0.2) is 108 Å². The summed E-state index contributed by atoms with van der Waals surface area (Å²) >= 11 is 1.99. The first-order valence-electron chi connectivity index (χ1n) is 19.9. The number of nitrogens with zero attached hydrogens (tertiary/aromatic N) is 5. The number of aromatic nitrogens is 2. The Hall–Kier alpha value is -4.88. The van der Waals surface area contributed by atoms with Crippen molar-refractivity contribution in [1.82, 2.24) is 19.8 Å². The zero-order chi connectivity index (χ0) is 37.8. The van der Waals surface area contributed by atoms with Gasteiger partial charge in [-0.05, 0) is 130 Å². The van der Waals surface area contributed by atoms with Crippen LogP contribution >= 0.6 is 11.8 Å². The summed E-state index contributed by atoms with van der Waals surface area (Å²) < 4.78 is 5.77. The van der Waals surface area contributed by atoms with Crippen molar-refractivity contribution in [2.75, 3.05) is 87.6 Å². The number of unbranched alkanes of at least 4 members (excludes halogenated alkanes) is 1. The molecule has 55 heavy (non-hydrogen) atoms. The molecule has 0 radical (unpaired) electrons. The summed E-state index contributed by atoms with van der Waals surface area (Å²) in [5, 5.41) is 11.6. The van der Waals surface area contributed by atoms with Crippen LogP contribution in [0.3, 0.4) is 0 Å². The lowest BCUT2D eigenvalue weighted by atomic mass is 10.1. The zero-order valence-corrected chi connectivity index (χ0v) is 33.3. The number of hydrogen-bond acceptors (Lipinski definition) is 7. The lowest BCUT2D eigenvalue weighted by Crippen LogP contribution is -2.46. The first kappa shape index (κ1) is 38.4. The Morgan fingerprint density at radius 3 is 1.84 bits per heavy atom. The van der Waals surface area contributed by atoms with Crippen molar-refractivity contribution in [3.8, 4) is 11.8 Å². The van der Waals surface area contributed by atoms with Gasteiger partial charge in [0.05, 0.1) is 18.2 Å². The molecule has 0 atom stereocenters. The van der Waals surface area contributed by atoms with Gasteiger partial charge in [-0.2, -0.15) is 5.26 Å². The van der Waals surface area contributed by atoms with Crippen molar-refractivity contribution in [3.05, 3.63) is 120 Å². The van der Waals surface area contributed by atoms with Crippen molar-refractivity contribution in [2.24, 2.45) is 0 Å². The molecule has 2 saturated heterocycles. The van der Waals surface area contributed by atoms with E-state index in [-0.39, 0.29) is 0 Å². The molecule has 2 fully saturated rings. The number of nitrogens with one attached hydrogen (secondary N) is 2. The highest BCUT2D eigenvalue weighted by Gasteiger charge is 2.20. The molecule has 2 aliphatic rings. The van der Waals surface area contributed by atoms with Crippen LogP contribution in [0.1, 0.15) is 36.0 Å². The van der Waals surface area contributed by atoms with Crippen molar-refractivity contribution in [1.29, 1.82) is 5.26 Å². The van der Waals surface area contributed by atoms with Crippen LogP contribution in [-0.4, -0.2) is 97.6 Å². The van der Waals surface area contributed by atoms with Gasteiger partial charge in [0.1, 0.15) is 5.75 Å². The van der Waals surface area contributed by atoms with E-state index in [2.05, 4.69) is 116 Å². The highest BCUT2D eigenvalue weighted by molar-refractivity contribution is 7.99. The molecule has 286 valence electrons. The Morgan fingerprint density at radius 1 is 0.636 bits per heavy atom. The second-order valence-electron chi connectivity index (χ2n) is 14.7. The third-order valence-electron chi connectivity index (χ3n) is 11.0. The number of fused-ring (bicyclic) bond motifs is 2. The molecule has 6 aromatic rings. The SMILES string of the molecule is Cc1ccc(SCCCN2CCN(c3cccc4[nH]ccc34)CC2)cc1C.N#Cc1cccc(OCCCCN2CCN(c3cccc4[nH]ccc34)CC2)c1. The number of hydrogen-bond donors (Lipinski definition) is 2. The van der Waals surface area contributed by atoms with Crippen molar-refractivity contribution < 1.29 is 4.74 Å². The molecular formula is C46H55N7OS. The summed E-state index contributed by atoms with van der Waals surface area (Å²) in [5.41, 5.74) is 8.58. The van der Waals surface area contributed by atoms with Gasteiger partial charge < -0.3 is 24.5 Å². The minimum atomic E-state index is 0.644. The summed E-state index contributed by atoms with van der Waals surface area (Å²) in [7, 11) is 0. The number of benzene rings is 4. The summed E-state index contributed by atoms with van der Waals surface area (Å²) in [6, 6.07) is 33.7. The van der Waals surface area contributed by atoms with Crippen LogP contribution in [0.4, 0.5) is 11.4 Å². The van der Waals surface area contributed by atoms with Crippen molar-refractivity contribution >= 4 is 44.9 Å². The quantitative estimate of drug-likeness (QED) is 0.0901. The smallest absolute Gasteiger partial charge is 0.120 e. The maximum absolute atomic E-state index is 8.93. The fourth-order valence-corrected chi connectivity index (χ4v) is 8.61. The molecule has 2 N–H and O–H groups in total. The number of rotatable bonds is 13. The van der Waals surface area contributed by atoms with Crippen molar-refractivity contribution in [2.45, 2.75) is 38.0 Å². The Balaban J connectivity index is 0.000000169. The number of aromatic amines is 2. The van der Waals surface area contributed by atoms with E-state index in [4.69, 9.17) is 10.00 Å². The number of anilines is 2. The highest BCUT2D eigenvalue weighted by atomic mass is 32.2. The van der Waals surface area contributed by atoms with Gasteiger partial charge in [0, 0.05) is 103 Å². The van der Waals surface area contributed by atoms with Crippen LogP contribution in [-0.2, 0) is 0 Å². The second-order valence-corrected chi connectivity index (χ2v) is 15.9. The first-order valence-corrected chi connectivity index (χ1v) is 20.9. The largest absolute Gasteiger partial charge is 0.494 e. The average Bonchev–Trinajstić information content (AvgIpc) is 3.92. The molecule has 4 aromatic carbocycles. The number of piperazine rings is 2. The summed E-state index contributed by atoms with van der Waals surface area (Å²) in [6.07, 6.45) is 7.47. The van der Waals surface area contributed by atoms with E-state index in [0.717, 1.165) is 77.5 Å². The van der Waals surface area contributed by atoms with Gasteiger partial charge >= 0.3 is 0 Å². The molecule has 0 bridgehead atoms. The van der Waals surface area contributed by atoms with E-state index >= 15 is 0 Å². The highest BCUT2D eigenvalue weighted by Crippen LogP contribution is 2.29. The monoisotopic (exact) mass is 753 g/mol. The van der Waals surface area contributed by atoms with Gasteiger partial charge in [-0.25, -0.2) is 0 Å². The maximum atomic E-state index is 8.93. The molecule has 0 amide bonds. The second kappa shape index (κ2) is 19.1. The molecule has 0 unspecified atom stereocenters. The number of thioether (sulfide) groups is 1. The minimum Gasteiger partial charge on any atom is -0.494 e. The minimum absolute atomic E-state index is 0.644. The van der Waals surface area contributed by atoms with Crippen LogP contribution in [0.25, 0.3) is 21.8 Å². The molecule has 8 rings (SSSR count). The fraction of sp³-hybridized carbons (Fsp3) is 0.370. The third kappa shape index (κ3) is 10.3. The molecule has 8 nitrogen and oxygen atoms in total. The summed E-state index contributed by atoms with van der Waals surface area (Å²) in [5.74, 6) is 1.98. The van der Waals surface area contributed by atoms with Gasteiger partial charge in [0.15, 0.2) is 0 Å². The molecule has 0 saturated carbocycles. The van der Waals surface area contributed by atoms with E-state index in [1.807, 2.05) is 36.3 Å². The van der Waals surface area contributed by atoms with Gasteiger partial charge in [-0.1, -0.05) is 24.3 Å². The predicted molar refractivity (Wildman–Crippen MR) is 231 cm³/mol. The number of H-pyrrole nitrogens is 2. The summed E-state index contributed by atoms with van der Waals surface area (Å²) in [6.45, 7) is 16.3. The fourth-order valence-electron chi connectivity index (χ4n) is 7.68. The molecule has 9 heteroatoms. The van der Waals surface area contributed by atoms with E-state index in [0.29, 0.717) is 12.2 Å². The van der Waals surface area contributed by atoms with Crippen LogP contribution in [0.5, 0.6) is 5.75 Å². The Bertz CT molecular complexity index is 2150. The molecule has 0 aliphatic carbocycles. The maximum Gasteiger partial charge on any atom is 0.120 e. The predicted octanol–water partition coefficient (Wildman–Crippen LogP) is 9.11. The van der Waals surface area contributed by atoms with Crippen LogP contribution in [0.2, 0.25) is 0 Å². The third-order valence-corrected chi connectivity index (χ3v) is 12.1. The van der Waals surface area contributed by atoms with E-state index < -0.39 is 0 Å². The summed E-state index contributed by atoms with van der Waals surface area (Å²) in [4.78, 5) is 18.2. The van der Waals surface area contributed by atoms with Crippen LogP contribution < -0.4 is 14.5 Å². The Labute approximate surface area is 331 Å². The van der Waals surface area contributed by atoms with Gasteiger partial charge in [-0.15, -0.1) is 11.8 Å². The average molecular weight is 754 g/mol. The van der Waals surface area contributed by atoms with Crippen molar-refractivity contribution in [3.63, 3.8) is 0 Å². The molecular weight excluding hydrogens is 699 g/mol. The zero-order valence-electron chi connectivity index (χ0n) is 32.5. The van der Waals surface area contributed by atoms with Gasteiger partial charge in [-0.3, -0.25) is 9.80 Å². The first-order chi connectivity index (χ1) is 27.0. The Morgan fingerprint density at radius 2 is 1.24 bits per heavy atom. The normalized spacial score (nSPS) is 15.2.